The highest BCUT2D eigenvalue weighted by Crippen LogP contribution is 2.45. The summed E-state index contributed by atoms with van der Waals surface area (Å²) in [5.74, 6) is -1.09. The van der Waals surface area contributed by atoms with Gasteiger partial charge in [-0.1, -0.05) is 50.2 Å². The van der Waals surface area contributed by atoms with Gasteiger partial charge in [0.1, 0.15) is 6.10 Å². The molecule has 3 rings (SSSR count). The lowest BCUT2D eigenvalue weighted by Gasteiger charge is -2.25. The predicted octanol–water partition coefficient (Wildman–Crippen LogP) is 3.88. The molecular formula is C24H29NO5. The molecule has 1 saturated carbocycles. The summed E-state index contributed by atoms with van der Waals surface area (Å²) in [6.45, 7) is 4.80. The van der Waals surface area contributed by atoms with Crippen LogP contribution < -0.4 is 5.32 Å². The van der Waals surface area contributed by atoms with Crippen molar-refractivity contribution in [1.82, 2.24) is 5.32 Å². The van der Waals surface area contributed by atoms with E-state index in [-0.39, 0.29) is 17.4 Å². The highest BCUT2D eigenvalue weighted by molar-refractivity contribution is 5.87. The number of rotatable bonds is 10. The van der Waals surface area contributed by atoms with Gasteiger partial charge in [0.05, 0.1) is 24.3 Å². The van der Waals surface area contributed by atoms with Crippen molar-refractivity contribution >= 4 is 11.9 Å². The van der Waals surface area contributed by atoms with Crippen molar-refractivity contribution in [2.75, 3.05) is 7.11 Å². The molecule has 30 heavy (non-hydrogen) atoms. The molecule has 1 aliphatic rings. The highest BCUT2D eigenvalue weighted by Gasteiger charge is 2.46. The van der Waals surface area contributed by atoms with Gasteiger partial charge in [-0.15, -0.1) is 0 Å². The molecule has 1 amide bonds. The second kappa shape index (κ2) is 9.41. The molecule has 2 aromatic carbocycles. The van der Waals surface area contributed by atoms with Gasteiger partial charge in [0.25, 0.3) is 0 Å². The first kappa shape index (κ1) is 22.0. The van der Waals surface area contributed by atoms with E-state index in [1.807, 2.05) is 38.1 Å². The van der Waals surface area contributed by atoms with Crippen LogP contribution in [0.25, 0.3) is 0 Å². The molecule has 6 nitrogen and oxygen atoms in total. The third-order valence-electron chi connectivity index (χ3n) is 5.39. The zero-order chi connectivity index (χ0) is 21.7. The molecule has 0 radical (unpaired) electrons. The first-order valence-corrected chi connectivity index (χ1v) is 10.2. The molecule has 0 spiro atoms. The minimum atomic E-state index is -0.960. The van der Waals surface area contributed by atoms with Crippen molar-refractivity contribution in [2.24, 2.45) is 5.92 Å². The van der Waals surface area contributed by atoms with Gasteiger partial charge in [-0.05, 0) is 47.6 Å². The number of carbonyl (C=O) groups excluding carboxylic acids is 1. The number of nitrogens with one attached hydrogen (secondary N) is 1. The summed E-state index contributed by atoms with van der Waals surface area (Å²) in [7, 11) is 1.66. The zero-order valence-corrected chi connectivity index (χ0v) is 17.7. The largest absolute Gasteiger partial charge is 0.478 e. The van der Waals surface area contributed by atoms with E-state index in [0.717, 1.165) is 29.5 Å². The third-order valence-corrected chi connectivity index (χ3v) is 5.39. The lowest BCUT2D eigenvalue weighted by atomic mass is 10.0. The van der Waals surface area contributed by atoms with E-state index in [1.54, 1.807) is 31.4 Å². The summed E-state index contributed by atoms with van der Waals surface area (Å²) in [4.78, 5) is 24.1. The van der Waals surface area contributed by atoms with Gasteiger partial charge in [0.15, 0.2) is 0 Å². The van der Waals surface area contributed by atoms with Gasteiger partial charge < -0.3 is 19.9 Å². The molecule has 0 saturated heterocycles. The Bertz CT molecular complexity index is 887. The van der Waals surface area contributed by atoms with Crippen molar-refractivity contribution in [3.8, 4) is 0 Å². The summed E-state index contributed by atoms with van der Waals surface area (Å²) in [5, 5.41) is 12.2. The predicted molar refractivity (Wildman–Crippen MR) is 113 cm³/mol. The molecule has 1 unspecified atom stereocenters. The van der Waals surface area contributed by atoms with Gasteiger partial charge in [-0.25, -0.2) is 4.79 Å². The van der Waals surface area contributed by atoms with Gasteiger partial charge in [0, 0.05) is 7.11 Å². The smallest absolute Gasteiger partial charge is 0.335 e. The Hall–Kier alpha value is -2.70. The minimum absolute atomic E-state index is 0.0114. The Morgan fingerprint density at radius 3 is 2.23 bits per heavy atom. The average molecular weight is 411 g/mol. The molecule has 2 N–H and O–H groups in total. The Morgan fingerprint density at radius 1 is 1.07 bits per heavy atom. The minimum Gasteiger partial charge on any atom is -0.478 e. The Kier molecular flexibility index (Phi) is 6.90. The second-order valence-electron chi connectivity index (χ2n) is 8.18. The van der Waals surface area contributed by atoms with Crippen LogP contribution >= 0.6 is 0 Å². The first-order chi connectivity index (χ1) is 14.3. The molecule has 1 atom stereocenters. The number of hydrogen-bond acceptors (Lipinski definition) is 4. The maximum atomic E-state index is 13.0. The van der Waals surface area contributed by atoms with Crippen LogP contribution in [0.5, 0.6) is 0 Å². The van der Waals surface area contributed by atoms with Crippen LogP contribution in [-0.2, 0) is 33.0 Å². The van der Waals surface area contributed by atoms with Crippen molar-refractivity contribution in [2.45, 2.75) is 51.5 Å². The van der Waals surface area contributed by atoms with E-state index in [2.05, 4.69) is 5.32 Å². The summed E-state index contributed by atoms with van der Waals surface area (Å²) in [6, 6.07) is 14.7. The summed E-state index contributed by atoms with van der Waals surface area (Å²) >= 11 is 0. The second-order valence-corrected chi connectivity index (χ2v) is 8.18. The van der Waals surface area contributed by atoms with Crippen LogP contribution in [0.15, 0.2) is 48.5 Å². The van der Waals surface area contributed by atoms with Crippen LogP contribution in [0.2, 0.25) is 0 Å². The maximum absolute atomic E-state index is 13.0. The Morgan fingerprint density at radius 2 is 1.70 bits per heavy atom. The number of benzene rings is 2. The van der Waals surface area contributed by atoms with Crippen LogP contribution in [-0.4, -0.2) is 30.2 Å². The van der Waals surface area contributed by atoms with E-state index < -0.39 is 17.6 Å². The fourth-order valence-electron chi connectivity index (χ4n) is 3.58. The van der Waals surface area contributed by atoms with E-state index >= 15 is 0 Å². The molecule has 0 aromatic heterocycles. The van der Waals surface area contributed by atoms with E-state index in [0.29, 0.717) is 13.2 Å². The highest BCUT2D eigenvalue weighted by atomic mass is 16.5. The van der Waals surface area contributed by atoms with E-state index in [9.17, 15) is 9.59 Å². The molecule has 1 fully saturated rings. The molecule has 0 aliphatic heterocycles. The standard InChI is InChI=1S/C24H29NO5/c1-16(2)21(30-15-18-6-4-5-17(13-18)14-29-3)22(26)25-24(11-12-24)20-9-7-19(8-10-20)23(27)28/h4-10,13,16,21H,11-12,14-15H2,1-3H3,(H,25,26)(H,27,28). The number of carbonyl (C=O) groups is 2. The number of carboxylic acid groups (broad SMARTS) is 1. The molecular weight excluding hydrogens is 382 g/mol. The number of amides is 1. The number of hydrogen-bond donors (Lipinski definition) is 2. The fraction of sp³-hybridized carbons (Fsp3) is 0.417. The number of carboxylic acids is 1. The number of aromatic carboxylic acids is 1. The molecule has 2 aromatic rings. The van der Waals surface area contributed by atoms with Crippen molar-refractivity contribution in [1.29, 1.82) is 0 Å². The molecule has 0 bridgehead atoms. The van der Waals surface area contributed by atoms with E-state index in [1.165, 1.54) is 0 Å². The summed E-state index contributed by atoms with van der Waals surface area (Å²) < 4.78 is 11.2. The van der Waals surface area contributed by atoms with Crippen molar-refractivity contribution in [3.63, 3.8) is 0 Å². The van der Waals surface area contributed by atoms with Gasteiger partial charge in [0.2, 0.25) is 5.91 Å². The van der Waals surface area contributed by atoms with Crippen LogP contribution in [0, 0.1) is 5.92 Å². The van der Waals surface area contributed by atoms with E-state index in [4.69, 9.17) is 14.6 Å². The number of methoxy groups -OCH3 is 1. The molecule has 0 heterocycles. The Labute approximate surface area is 177 Å². The lowest BCUT2D eigenvalue weighted by Crippen LogP contribution is -2.44. The number of ether oxygens (including phenoxy) is 2. The fourth-order valence-corrected chi connectivity index (χ4v) is 3.58. The summed E-state index contributed by atoms with van der Waals surface area (Å²) in [5.41, 5.74) is 2.79. The quantitative estimate of drug-likeness (QED) is 0.620. The summed E-state index contributed by atoms with van der Waals surface area (Å²) in [6.07, 6.45) is 1.08. The van der Waals surface area contributed by atoms with Crippen molar-refractivity contribution in [3.05, 3.63) is 70.8 Å². The monoisotopic (exact) mass is 411 g/mol. The molecule has 6 heteroatoms. The zero-order valence-electron chi connectivity index (χ0n) is 17.7. The van der Waals surface area contributed by atoms with Gasteiger partial charge in [-0.3, -0.25) is 4.79 Å². The first-order valence-electron chi connectivity index (χ1n) is 10.2. The van der Waals surface area contributed by atoms with Crippen LogP contribution in [0.1, 0.15) is 53.7 Å². The maximum Gasteiger partial charge on any atom is 0.335 e. The van der Waals surface area contributed by atoms with Gasteiger partial charge in [-0.2, -0.15) is 0 Å². The normalized spacial score (nSPS) is 15.6. The molecule has 160 valence electrons. The SMILES string of the molecule is COCc1cccc(COC(C(=O)NC2(c3ccc(C(=O)O)cc3)CC2)C(C)C)c1. The van der Waals surface area contributed by atoms with Crippen LogP contribution in [0.4, 0.5) is 0 Å². The Balaban J connectivity index is 1.65. The third kappa shape index (κ3) is 5.26. The molecule has 1 aliphatic carbocycles. The topological polar surface area (TPSA) is 84.9 Å². The van der Waals surface area contributed by atoms with Crippen LogP contribution in [0.3, 0.4) is 0 Å². The lowest BCUT2D eigenvalue weighted by molar-refractivity contribution is -0.137. The average Bonchev–Trinajstić information content (AvgIpc) is 3.49. The van der Waals surface area contributed by atoms with Crippen molar-refractivity contribution < 1.29 is 24.2 Å². The van der Waals surface area contributed by atoms with Gasteiger partial charge >= 0.3 is 5.97 Å².